The van der Waals surface area contributed by atoms with Crippen LogP contribution in [0.4, 0.5) is 0 Å². The lowest BCUT2D eigenvalue weighted by Gasteiger charge is -1.97. The smallest absolute Gasteiger partial charge is 0.136 e. The lowest BCUT2D eigenvalue weighted by Crippen LogP contribution is -1.98. The SMILES string of the molecule is C=C(C)Cc1ncnc(C)n1. The second kappa shape index (κ2) is 3.23. The van der Waals surface area contributed by atoms with E-state index in [0.29, 0.717) is 0 Å². The molecule has 1 heterocycles. The highest BCUT2D eigenvalue weighted by Crippen LogP contribution is 1.98. The van der Waals surface area contributed by atoms with Gasteiger partial charge in [0.25, 0.3) is 0 Å². The Bertz CT molecular complexity index is 268. The third kappa shape index (κ3) is 2.45. The fourth-order valence-corrected chi connectivity index (χ4v) is 0.779. The summed E-state index contributed by atoms with van der Waals surface area (Å²) < 4.78 is 0. The molecule has 0 aliphatic heterocycles. The topological polar surface area (TPSA) is 38.7 Å². The Morgan fingerprint density at radius 2 is 2.27 bits per heavy atom. The van der Waals surface area contributed by atoms with Crippen molar-refractivity contribution in [2.45, 2.75) is 20.3 Å². The van der Waals surface area contributed by atoms with E-state index in [-0.39, 0.29) is 0 Å². The maximum absolute atomic E-state index is 4.13. The summed E-state index contributed by atoms with van der Waals surface area (Å²) in [5, 5.41) is 0. The van der Waals surface area contributed by atoms with E-state index in [9.17, 15) is 0 Å². The second-order valence-corrected chi connectivity index (χ2v) is 2.58. The third-order valence-corrected chi connectivity index (χ3v) is 1.20. The highest BCUT2D eigenvalue weighted by molar-refractivity contribution is 5.01. The van der Waals surface area contributed by atoms with Gasteiger partial charge in [0.2, 0.25) is 0 Å². The molecule has 0 atom stereocenters. The van der Waals surface area contributed by atoms with Gasteiger partial charge < -0.3 is 0 Å². The molecule has 0 aliphatic carbocycles. The van der Waals surface area contributed by atoms with Crippen molar-refractivity contribution in [1.82, 2.24) is 15.0 Å². The van der Waals surface area contributed by atoms with E-state index >= 15 is 0 Å². The van der Waals surface area contributed by atoms with Crippen LogP contribution in [0.5, 0.6) is 0 Å². The number of aromatic nitrogens is 3. The first-order chi connectivity index (χ1) is 5.18. The van der Waals surface area contributed by atoms with Crippen molar-refractivity contribution < 1.29 is 0 Å². The standard InChI is InChI=1S/C8H11N3/c1-6(2)4-8-10-5-9-7(3)11-8/h5H,1,4H2,2-3H3. The maximum Gasteiger partial charge on any atom is 0.136 e. The van der Waals surface area contributed by atoms with Crippen molar-refractivity contribution in [3.63, 3.8) is 0 Å². The van der Waals surface area contributed by atoms with Crippen LogP contribution in [0.25, 0.3) is 0 Å². The number of aryl methyl sites for hydroxylation is 1. The molecule has 0 aliphatic rings. The number of hydrogen-bond acceptors (Lipinski definition) is 3. The van der Waals surface area contributed by atoms with Crippen LogP contribution in [0.15, 0.2) is 18.5 Å². The van der Waals surface area contributed by atoms with Gasteiger partial charge in [0.1, 0.15) is 18.0 Å². The summed E-state index contributed by atoms with van der Waals surface area (Å²) in [6, 6.07) is 0. The first kappa shape index (κ1) is 7.85. The predicted molar refractivity (Wildman–Crippen MR) is 43.1 cm³/mol. The lowest BCUT2D eigenvalue weighted by atomic mass is 10.2. The summed E-state index contributed by atoms with van der Waals surface area (Å²) in [5.74, 6) is 1.56. The van der Waals surface area contributed by atoms with Crippen LogP contribution in [0, 0.1) is 6.92 Å². The number of rotatable bonds is 2. The van der Waals surface area contributed by atoms with Gasteiger partial charge >= 0.3 is 0 Å². The van der Waals surface area contributed by atoms with Gasteiger partial charge in [-0.25, -0.2) is 15.0 Å². The van der Waals surface area contributed by atoms with Gasteiger partial charge in [-0.05, 0) is 13.8 Å². The molecule has 0 bridgehead atoms. The molecule has 0 unspecified atom stereocenters. The monoisotopic (exact) mass is 149 g/mol. The first-order valence-electron chi connectivity index (χ1n) is 3.47. The summed E-state index contributed by atoms with van der Waals surface area (Å²) in [7, 11) is 0. The van der Waals surface area contributed by atoms with Gasteiger partial charge in [-0.3, -0.25) is 0 Å². The van der Waals surface area contributed by atoms with Crippen molar-refractivity contribution in [1.29, 1.82) is 0 Å². The van der Waals surface area contributed by atoms with Crippen molar-refractivity contribution in [2.75, 3.05) is 0 Å². The normalized spacial score (nSPS) is 9.64. The zero-order valence-corrected chi connectivity index (χ0v) is 6.83. The molecule has 0 spiro atoms. The van der Waals surface area contributed by atoms with Gasteiger partial charge in [0.15, 0.2) is 0 Å². The van der Waals surface area contributed by atoms with Crippen LogP contribution in [0.3, 0.4) is 0 Å². The summed E-state index contributed by atoms with van der Waals surface area (Å²) in [6.07, 6.45) is 2.27. The van der Waals surface area contributed by atoms with Gasteiger partial charge in [-0.1, -0.05) is 12.2 Å². The first-order valence-corrected chi connectivity index (χ1v) is 3.47. The molecule has 0 saturated carbocycles. The Morgan fingerprint density at radius 1 is 1.55 bits per heavy atom. The minimum atomic E-state index is 0.739. The maximum atomic E-state index is 4.13. The van der Waals surface area contributed by atoms with Gasteiger partial charge in [-0.2, -0.15) is 0 Å². The summed E-state index contributed by atoms with van der Waals surface area (Å²) in [4.78, 5) is 12.0. The number of allylic oxidation sites excluding steroid dienone is 1. The number of nitrogens with zero attached hydrogens (tertiary/aromatic N) is 3. The third-order valence-electron chi connectivity index (χ3n) is 1.20. The molecule has 1 rings (SSSR count). The van der Waals surface area contributed by atoms with Gasteiger partial charge in [0.05, 0.1) is 0 Å². The van der Waals surface area contributed by atoms with Crippen molar-refractivity contribution in [2.24, 2.45) is 0 Å². The van der Waals surface area contributed by atoms with E-state index < -0.39 is 0 Å². The fraction of sp³-hybridized carbons (Fsp3) is 0.375. The molecule has 3 heteroatoms. The van der Waals surface area contributed by atoms with Gasteiger partial charge in [0, 0.05) is 6.42 Å². The van der Waals surface area contributed by atoms with Crippen LogP contribution < -0.4 is 0 Å². The predicted octanol–water partition coefficient (Wildman–Crippen LogP) is 1.30. The molecule has 0 fully saturated rings. The van der Waals surface area contributed by atoms with Crippen LogP contribution in [0.1, 0.15) is 18.6 Å². The molecule has 0 saturated heterocycles. The lowest BCUT2D eigenvalue weighted by molar-refractivity contribution is 0.872. The van der Waals surface area contributed by atoms with Gasteiger partial charge in [-0.15, -0.1) is 0 Å². The van der Waals surface area contributed by atoms with E-state index in [4.69, 9.17) is 0 Å². The molecule has 1 aromatic rings. The second-order valence-electron chi connectivity index (χ2n) is 2.58. The number of hydrogen-bond donors (Lipinski definition) is 0. The Morgan fingerprint density at radius 3 is 2.82 bits per heavy atom. The molecular formula is C8H11N3. The Kier molecular flexibility index (Phi) is 2.31. The van der Waals surface area contributed by atoms with Crippen LogP contribution in [-0.2, 0) is 6.42 Å². The average molecular weight is 149 g/mol. The molecule has 58 valence electrons. The minimum absolute atomic E-state index is 0.739. The highest BCUT2D eigenvalue weighted by Gasteiger charge is 1.96. The minimum Gasteiger partial charge on any atom is -0.222 e. The van der Waals surface area contributed by atoms with E-state index in [1.807, 2.05) is 13.8 Å². The molecule has 0 N–H and O–H groups in total. The molecule has 11 heavy (non-hydrogen) atoms. The summed E-state index contributed by atoms with van der Waals surface area (Å²) in [6.45, 7) is 7.59. The van der Waals surface area contributed by atoms with E-state index in [2.05, 4.69) is 21.5 Å². The van der Waals surface area contributed by atoms with Crippen molar-refractivity contribution in [3.05, 3.63) is 30.1 Å². The van der Waals surface area contributed by atoms with Crippen molar-refractivity contribution >= 4 is 0 Å². The fourth-order valence-electron chi connectivity index (χ4n) is 0.779. The van der Waals surface area contributed by atoms with E-state index in [1.165, 1.54) is 6.33 Å². The zero-order valence-electron chi connectivity index (χ0n) is 6.83. The molecular weight excluding hydrogens is 138 g/mol. The summed E-state index contributed by atoms with van der Waals surface area (Å²) >= 11 is 0. The molecule has 3 nitrogen and oxygen atoms in total. The largest absolute Gasteiger partial charge is 0.222 e. The van der Waals surface area contributed by atoms with Crippen molar-refractivity contribution in [3.8, 4) is 0 Å². The van der Waals surface area contributed by atoms with E-state index in [0.717, 1.165) is 23.6 Å². The summed E-state index contributed by atoms with van der Waals surface area (Å²) in [5.41, 5.74) is 1.07. The molecule has 0 radical (unpaired) electrons. The van der Waals surface area contributed by atoms with Crippen LogP contribution >= 0.6 is 0 Å². The van der Waals surface area contributed by atoms with E-state index in [1.54, 1.807) is 0 Å². The quantitative estimate of drug-likeness (QED) is 0.595. The zero-order chi connectivity index (χ0) is 8.27. The molecule has 0 amide bonds. The molecule has 1 aromatic heterocycles. The Balaban J connectivity index is 2.79. The molecule has 0 aromatic carbocycles. The average Bonchev–Trinajstić information content (AvgIpc) is 1.85. The van der Waals surface area contributed by atoms with Crippen LogP contribution in [-0.4, -0.2) is 15.0 Å². The highest BCUT2D eigenvalue weighted by atomic mass is 15.0. The Labute approximate surface area is 66.2 Å². The Hall–Kier alpha value is -1.25. The van der Waals surface area contributed by atoms with Crippen LogP contribution in [0.2, 0.25) is 0 Å².